The van der Waals surface area contributed by atoms with E-state index in [1.165, 1.54) is 0 Å². The summed E-state index contributed by atoms with van der Waals surface area (Å²) in [6.45, 7) is 0. The molecule has 0 saturated heterocycles. The molecular formula is C14H9Br2ClN2OS. The fourth-order valence-electron chi connectivity index (χ4n) is 1.63. The molecule has 2 aromatic rings. The lowest BCUT2D eigenvalue weighted by Crippen LogP contribution is -2.14. The molecule has 0 heterocycles. The SMILES string of the molecule is NC(=S)c1ccc(NC(=O)c2cc(Br)ccc2Br)c(Cl)c1. The van der Waals surface area contributed by atoms with Gasteiger partial charge in [0.05, 0.1) is 16.3 Å². The number of hydrogen-bond donors (Lipinski definition) is 2. The number of rotatable bonds is 3. The molecule has 3 nitrogen and oxygen atoms in total. The van der Waals surface area contributed by atoms with Crippen molar-refractivity contribution in [1.82, 2.24) is 0 Å². The molecule has 2 rings (SSSR count). The third-order valence-corrected chi connectivity index (χ3v) is 4.41. The van der Waals surface area contributed by atoms with Crippen molar-refractivity contribution in [3.63, 3.8) is 0 Å². The van der Waals surface area contributed by atoms with Crippen molar-refractivity contribution >= 4 is 72.3 Å². The fourth-order valence-corrected chi connectivity index (χ4v) is 2.77. The van der Waals surface area contributed by atoms with Crippen LogP contribution in [0.15, 0.2) is 45.3 Å². The van der Waals surface area contributed by atoms with Gasteiger partial charge in [0.25, 0.3) is 5.91 Å². The predicted molar refractivity (Wildman–Crippen MR) is 97.1 cm³/mol. The molecule has 0 fully saturated rings. The van der Waals surface area contributed by atoms with Crippen LogP contribution in [-0.4, -0.2) is 10.9 Å². The molecule has 0 atom stereocenters. The minimum atomic E-state index is -0.270. The van der Waals surface area contributed by atoms with Gasteiger partial charge in [-0.05, 0) is 52.3 Å². The number of benzene rings is 2. The highest BCUT2D eigenvalue weighted by atomic mass is 79.9. The summed E-state index contributed by atoms with van der Waals surface area (Å²) >= 11 is 17.7. The minimum Gasteiger partial charge on any atom is -0.389 e. The third-order valence-electron chi connectivity index (χ3n) is 2.67. The lowest BCUT2D eigenvalue weighted by molar-refractivity contribution is 0.102. The molecule has 0 spiro atoms. The molecule has 3 N–H and O–H groups in total. The van der Waals surface area contributed by atoms with E-state index in [1.807, 2.05) is 6.07 Å². The second kappa shape index (κ2) is 6.87. The van der Waals surface area contributed by atoms with E-state index in [1.54, 1.807) is 30.3 Å². The smallest absolute Gasteiger partial charge is 0.256 e. The molecule has 0 aliphatic carbocycles. The second-order valence-corrected chi connectivity index (χ2v) is 6.75. The molecule has 0 radical (unpaired) electrons. The van der Waals surface area contributed by atoms with E-state index >= 15 is 0 Å². The Balaban J connectivity index is 2.27. The Hall–Kier alpha value is -0.950. The molecule has 0 aliphatic rings. The fraction of sp³-hybridized carbons (Fsp3) is 0. The lowest BCUT2D eigenvalue weighted by atomic mass is 10.2. The average molecular weight is 449 g/mol. The van der Waals surface area contributed by atoms with Crippen LogP contribution in [0, 0.1) is 0 Å². The normalized spacial score (nSPS) is 10.2. The van der Waals surface area contributed by atoms with Gasteiger partial charge < -0.3 is 11.1 Å². The van der Waals surface area contributed by atoms with Crippen molar-refractivity contribution in [2.75, 3.05) is 5.32 Å². The number of nitrogens with two attached hydrogens (primary N) is 1. The maximum absolute atomic E-state index is 12.3. The van der Waals surface area contributed by atoms with Crippen LogP contribution in [0.25, 0.3) is 0 Å². The Morgan fingerprint density at radius 2 is 1.90 bits per heavy atom. The maximum atomic E-state index is 12.3. The molecular weight excluding hydrogens is 439 g/mol. The largest absolute Gasteiger partial charge is 0.389 e. The molecule has 0 aromatic heterocycles. The first kappa shape index (κ1) is 16.4. The number of hydrogen-bond acceptors (Lipinski definition) is 2. The summed E-state index contributed by atoms with van der Waals surface area (Å²) in [5.74, 6) is -0.270. The summed E-state index contributed by atoms with van der Waals surface area (Å²) in [5.41, 5.74) is 7.18. The van der Waals surface area contributed by atoms with Gasteiger partial charge in [0.15, 0.2) is 0 Å². The lowest BCUT2D eigenvalue weighted by Gasteiger charge is -2.10. The van der Waals surface area contributed by atoms with E-state index < -0.39 is 0 Å². The number of amides is 1. The number of halogens is 3. The summed E-state index contributed by atoms with van der Waals surface area (Å²) in [7, 11) is 0. The van der Waals surface area contributed by atoms with E-state index in [2.05, 4.69) is 37.2 Å². The number of anilines is 1. The Bertz CT molecular complexity index is 737. The van der Waals surface area contributed by atoms with Gasteiger partial charge in [-0.2, -0.15) is 0 Å². The van der Waals surface area contributed by atoms with Gasteiger partial charge >= 0.3 is 0 Å². The van der Waals surface area contributed by atoms with Crippen molar-refractivity contribution < 1.29 is 4.79 Å². The summed E-state index contributed by atoms with van der Waals surface area (Å²) in [4.78, 5) is 12.5. The highest BCUT2D eigenvalue weighted by molar-refractivity contribution is 9.11. The third kappa shape index (κ3) is 4.03. The van der Waals surface area contributed by atoms with Crippen LogP contribution < -0.4 is 11.1 Å². The topological polar surface area (TPSA) is 55.1 Å². The molecule has 0 bridgehead atoms. The second-order valence-electron chi connectivity index (χ2n) is 4.14. The molecule has 21 heavy (non-hydrogen) atoms. The van der Waals surface area contributed by atoms with E-state index in [0.717, 1.165) is 4.47 Å². The quantitative estimate of drug-likeness (QED) is 0.666. The first-order valence-corrected chi connectivity index (χ1v) is 8.11. The van der Waals surface area contributed by atoms with E-state index in [4.69, 9.17) is 29.6 Å². The molecule has 108 valence electrons. The minimum absolute atomic E-state index is 0.254. The number of thiocarbonyl (C=S) groups is 1. The molecule has 1 amide bonds. The molecule has 2 aromatic carbocycles. The number of carbonyl (C=O) groups excluding carboxylic acids is 1. The van der Waals surface area contributed by atoms with Crippen LogP contribution in [0.1, 0.15) is 15.9 Å². The molecule has 0 aliphatic heterocycles. The van der Waals surface area contributed by atoms with Gasteiger partial charge in [0.2, 0.25) is 0 Å². The highest BCUT2D eigenvalue weighted by Gasteiger charge is 2.13. The van der Waals surface area contributed by atoms with Gasteiger partial charge in [-0.1, -0.05) is 39.7 Å². The van der Waals surface area contributed by atoms with E-state index in [-0.39, 0.29) is 10.9 Å². The maximum Gasteiger partial charge on any atom is 0.256 e. The first-order valence-electron chi connectivity index (χ1n) is 5.74. The van der Waals surface area contributed by atoms with Crippen LogP contribution in [0.2, 0.25) is 5.02 Å². The summed E-state index contributed by atoms with van der Waals surface area (Å²) in [6.07, 6.45) is 0. The van der Waals surface area contributed by atoms with Gasteiger partial charge in [0.1, 0.15) is 4.99 Å². The molecule has 7 heteroatoms. The summed E-state index contributed by atoms with van der Waals surface area (Å²) in [5, 5.41) is 3.13. The summed E-state index contributed by atoms with van der Waals surface area (Å²) < 4.78 is 1.50. The zero-order valence-corrected chi connectivity index (χ0v) is 15.2. The molecule has 0 saturated carbocycles. The Morgan fingerprint density at radius 3 is 2.52 bits per heavy atom. The summed E-state index contributed by atoms with van der Waals surface area (Å²) in [6, 6.07) is 10.3. The number of nitrogens with one attached hydrogen (secondary N) is 1. The van der Waals surface area contributed by atoms with Gasteiger partial charge in [-0.25, -0.2) is 0 Å². The van der Waals surface area contributed by atoms with Crippen LogP contribution in [0.3, 0.4) is 0 Å². The van der Waals surface area contributed by atoms with Crippen LogP contribution in [-0.2, 0) is 0 Å². The number of carbonyl (C=O) groups is 1. The van der Waals surface area contributed by atoms with Crippen LogP contribution in [0.4, 0.5) is 5.69 Å². The van der Waals surface area contributed by atoms with Gasteiger partial charge in [-0.3, -0.25) is 4.79 Å². The standard InChI is InChI=1S/C14H9Br2ClN2OS/c15-8-2-3-10(16)9(6-8)14(20)19-12-4-1-7(13(18)21)5-11(12)17/h1-6H,(H2,18,21)(H,19,20). The monoisotopic (exact) mass is 446 g/mol. The van der Waals surface area contributed by atoms with E-state index in [9.17, 15) is 4.79 Å². The van der Waals surface area contributed by atoms with Crippen molar-refractivity contribution in [3.8, 4) is 0 Å². The van der Waals surface area contributed by atoms with Crippen molar-refractivity contribution in [2.45, 2.75) is 0 Å². The Labute approximate surface area is 149 Å². The average Bonchev–Trinajstić information content (AvgIpc) is 2.43. The highest BCUT2D eigenvalue weighted by Crippen LogP contribution is 2.26. The van der Waals surface area contributed by atoms with Crippen molar-refractivity contribution in [3.05, 3.63) is 61.5 Å². The Morgan fingerprint density at radius 1 is 1.19 bits per heavy atom. The van der Waals surface area contributed by atoms with Gasteiger partial charge in [0, 0.05) is 14.5 Å². The van der Waals surface area contributed by atoms with Crippen molar-refractivity contribution in [2.24, 2.45) is 5.73 Å². The van der Waals surface area contributed by atoms with Crippen molar-refractivity contribution in [1.29, 1.82) is 0 Å². The Kier molecular flexibility index (Phi) is 5.37. The molecule has 0 unspecified atom stereocenters. The van der Waals surface area contributed by atoms with Crippen LogP contribution in [0.5, 0.6) is 0 Å². The zero-order chi connectivity index (χ0) is 15.6. The van der Waals surface area contributed by atoms with Gasteiger partial charge in [-0.15, -0.1) is 0 Å². The zero-order valence-electron chi connectivity index (χ0n) is 10.5. The predicted octanol–water partition coefficient (Wildman–Crippen LogP) is 4.75. The van der Waals surface area contributed by atoms with E-state index in [0.29, 0.717) is 26.3 Å². The first-order chi connectivity index (χ1) is 9.88. The van der Waals surface area contributed by atoms with Crippen LogP contribution >= 0.6 is 55.7 Å².